The maximum Gasteiger partial charge on any atom is 0.349 e. The summed E-state index contributed by atoms with van der Waals surface area (Å²) in [6.45, 7) is 1.83. The summed E-state index contributed by atoms with van der Waals surface area (Å²) >= 11 is 0. The van der Waals surface area contributed by atoms with Crippen molar-refractivity contribution in [2.75, 3.05) is 0 Å². The second-order valence-corrected chi connectivity index (χ2v) is 2.82. The van der Waals surface area contributed by atoms with Crippen molar-refractivity contribution in [2.24, 2.45) is 7.05 Å². The van der Waals surface area contributed by atoms with E-state index in [2.05, 4.69) is 15.0 Å². The van der Waals surface area contributed by atoms with Crippen molar-refractivity contribution in [1.29, 1.82) is 0 Å². The molecule has 2 aromatic heterocycles. The van der Waals surface area contributed by atoms with Crippen LogP contribution in [-0.2, 0) is 7.05 Å². The normalized spacial score (nSPS) is 10.6. The highest BCUT2D eigenvalue weighted by Gasteiger charge is 2.01. The van der Waals surface area contributed by atoms with Crippen LogP contribution < -0.4 is 5.69 Å². The molecule has 0 bridgehead atoms. The van der Waals surface area contributed by atoms with Gasteiger partial charge in [-0.1, -0.05) is 0 Å². The lowest BCUT2D eigenvalue weighted by molar-refractivity contribution is 0.830. The Morgan fingerprint density at radius 3 is 2.85 bits per heavy atom. The molecule has 0 saturated heterocycles. The Morgan fingerprint density at radius 1 is 1.31 bits per heavy atom. The molecule has 2 aromatic rings. The van der Waals surface area contributed by atoms with Gasteiger partial charge in [-0.15, -0.1) is 0 Å². The largest absolute Gasteiger partial charge is 0.349 e. The molecule has 2 rings (SSSR count). The number of hydrogen-bond acceptors (Lipinski definition) is 4. The first kappa shape index (κ1) is 7.85. The van der Waals surface area contributed by atoms with Crippen molar-refractivity contribution in [3.63, 3.8) is 0 Å². The summed E-state index contributed by atoms with van der Waals surface area (Å²) in [5.74, 6) is 0. The van der Waals surface area contributed by atoms with Crippen LogP contribution in [0.5, 0.6) is 0 Å². The van der Waals surface area contributed by atoms with E-state index in [0.717, 1.165) is 5.69 Å². The number of aromatic nitrogens is 4. The monoisotopic (exact) mass is 176 g/mol. The lowest BCUT2D eigenvalue weighted by Gasteiger charge is -2.01. The SMILES string of the molecule is Cc1cnc2cnc(=O)n(C)c2n1. The zero-order valence-electron chi connectivity index (χ0n) is 7.35. The molecule has 0 aliphatic carbocycles. The fourth-order valence-corrected chi connectivity index (χ4v) is 1.11. The van der Waals surface area contributed by atoms with E-state index in [0.29, 0.717) is 11.2 Å². The van der Waals surface area contributed by atoms with E-state index in [-0.39, 0.29) is 5.69 Å². The van der Waals surface area contributed by atoms with Gasteiger partial charge in [-0.2, -0.15) is 4.98 Å². The molecule has 5 heteroatoms. The van der Waals surface area contributed by atoms with Crippen molar-refractivity contribution in [2.45, 2.75) is 6.92 Å². The highest BCUT2D eigenvalue weighted by atomic mass is 16.1. The maximum atomic E-state index is 11.1. The maximum absolute atomic E-state index is 11.1. The van der Waals surface area contributed by atoms with Crippen LogP contribution in [-0.4, -0.2) is 19.5 Å². The molecule has 0 unspecified atom stereocenters. The molecule has 0 N–H and O–H groups in total. The van der Waals surface area contributed by atoms with E-state index in [4.69, 9.17) is 0 Å². The summed E-state index contributed by atoms with van der Waals surface area (Å²) in [7, 11) is 1.63. The fraction of sp³-hybridized carbons (Fsp3) is 0.250. The predicted molar refractivity (Wildman–Crippen MR) is 47.3 cm³/mol. The first-order chi connectivity index (χ1) is 6.18. The first-order valence-corrected chi connectivity index (χ1v) is 3.84. The van der Waals surface area contributed by atoms with Gasteiger partial charge in [0.2, 0.25) is 0 Å². The van der Waals surface area contributed by atoms with Crippen LogP contribution in [0.25, 0.3) is 11.2 Å². The number of aryl methyl sites for hydroxylation is 2. The number of nitrogens with zero attached hydrogens (tertiary/aromatic N) is 4. The number of hydrogen-bond donors (Lipinski definition) is 0. The van der Waals surface area contributed by atoms with Crippen molar-refractivity contribution in [1.82, 2.24) is 19.5 Å². The summed E-state index contributed by atoms with van der Waals surface area (Å²) in [4.78, 5) is 23.1. The summed E-state index contributed by atoms with van der Waals surface area (Å²) in [6.07, 6.45) is 3.08. The van der Waals surface area contributed by atoms with E-state index in [1.165, 1.54) is 10.8 Å². The van der Waals surface area contributed by atoms with Crippen molar-refractivity contribution in [3.05, 3.63) is 28.6 Å². The van der Waals surface area contributed by atoms with E-state index >= 15 is 0 Å². The average Bonchev–Trinajstić information content (AvgIpc) is 2.12. The van der Waals surface area contributed by atoms with Crippen LogP contribution in [0.2, 0.25) is 0 Å². The third kappa shape index (κ3) is 1.18. The van der Waals surface area contributed by atoms with Gasteiger partial charge in [0.25, 0.3) is 0 Å². The Morgan fingerprint density at radius 2 is 2.08 bits per heavy atom. The average molecular weight is 176 g/mol. The Kier molecular flexibility index (Phi) is 1.58. The molecule has 0 fully saturated rings. The van der Waals surface area contributed by atoms with Gasteiger partial charge >= 0.3 is 5.69 Å². The van der Waals surface area contributed by atoms with Gasteiger partial charge in [-0.05, 0) is 6.92 Å². The van der Waals surface area contributed by atoms with Crippen molar-refractivity contribution < 1.29 is 0 Å². The number of fused-ring (bicyclic) bond motifs is 1. The Hall–Kier alpha value is -1.78. The van der Waals surface area contributed by atoms with Crippen LogP contribution in [0.1, 0.15) is 5.69 Å². The Bertz CT molecular complexity index is 517. The standard InChI is InChI=1S/C8H8N4O/c1-5-3-9-6-4-10-8(13)12(2)7(6)11-5/h3-4H,1-2H3. The molecule has 0 saturated carbocycles. The Balaban J connectivity index is 2.97. The first-order valence-electron chi connectivity index (χ1n) is 3.84. The highest BCUT2D eigenvalue weighted by molar-refractivity contribution is 5.68. The smallest absolute Gasteiger partial charge is 0.278 e. The van der Waals surface area contributed by atoms with Crippen LogP contribution in [0.4, 0.5) is 0 Å². The van der Waals surface area contributed by atoms with Crippen LogP contribution >= 0.6 is 0 Å². The van der Waals surface area contributed by atoms with Crippen LogP contribution in [0.15, 0.2) is 17.2 Å². The summed E-state index contributed by atoms with van der Waals surface area (Å²) in [5, 5.41) is 0. The third-order valence-electron chi connectivity index (χ3n) is 1.80. The highest BCUT2D eigenvalue weighted by Crippen LogP contribution is 2.03. The van der Waals surface area contributed by atoms with E-state index < -0.39 is 0 Å². The zero-order valence-corrected chi connectivity index (χ0v) is 7.35. The molecule has 66 valence electrons. The van der Waals surface area contributed by atoms with Gasteiger partial charge in [0.1, 0.15) is 5.52 Å². The van der Waals surface area contributed by atoms with Crippen LogP contribution in [0.3, 0.4) is 0 Å². The molecule has 13 heavy (non-hydrogen) atoms. The van der Waals surface area contributed by atoms with E-state index in [1.54, 1.807) is 13.2 Å². The topological polar surface area (TPSA) is 60.7 Å². The second kappa shape index (κ2) is 2.62. The predicted octanol–water partition coefficient (Wildman–Crippen LogP) is 0.0319. The van der Waals surface area contributed by atoms with Gasteiger partial charge in [-0.25, -0.2) is 14.8 Å². The van der Waals surface area contributed by atoms with Crippen molar-refractivity contribution >= 4 is 11.2 Å². The molecular weight excluding hydrogens is 168 g/mol. The molecule has 5 nitrogen and oxygen atoms in total. The van der Waals surface area contributed by atoms with Crippen molar-refractivity contribution in [3.8, 4) is 0 Å². The minimum atomic E-state index is -0.313. The molecule has 0 amide bonds. The summed E-state index contributed by atoms with van der Waals surface area (Å²) < 4.78 is 1.38. The fourth-order valence-electron chi connectivity index (χ4n) is 1.11. The molecule has 0 atom stereocenters. The van der Waals surface area contributed by atoms with Gasteiger partial charge in [0.05, 0.1) is 11.9 Å². The van der Waals surface area contributed by atoms with Gasteiger partial charge < -0.3 is 0 Å². The lowest BCUT2D eigenvalue weighted by atomic mass is 10.4. The molecule has 0 radical (unpaired) electrons. The molecule has 0 aliphatic heterocycles. The van der Waals surface area contributed by atoms with Gasteiger partial charge in [-0.3, -0.25) is 4.57 Å². The lowest BCUT2D eigenvalue weighted by Crippen LogP contribution is -2.20. The zero-order chi connectivity index (χ0) is 9.42. The van der Waals surface area contributed by atoms with Crippen LogP contribution in [0, 0.1) is 6.92 Å². The third-order valence-corrected chi connectivity index (χ3v) is 1.80. The molecule has 2 heterocycles. The van der Waals surface area contributed by atoms with E-state index in [9.17, 15) is 4.79 Å². The molecular formula is C8H8N4O. The molecule has 0 aromatic carbocycles. The van der Waals surface area contributed by atoms with E-state index in [1.807, 2.05) is 6.92 Å². The Labute approximate surface area is 74.1 Å². The second-order valence-electron chi connectivity index (χ2n) is 2.82. The minimum Gasteiger partial charge on any atom is -0.278 e. The molecule has 0 spiro atoms. The quantitative estimate of drug-likeness (QED) is 0.568. The summed E-state index contributed by atoms with van der Waals surface area (Å²) in [6, 6.07) is 0. The number of rotatable bonds is 0. The minimum absolute atomic E-state index is 0.313. The summed E-state index contributed by atoms with van der Waals surface area (Å²) in [5.41, 5.74) is 1.67. The molecule has 0 aliphatic rings. The van der Waals surface area contributed by atoms with Gasteiger partial charge in [0, 0.05) is 13.2 Å². The van der Waals surface area contributed by atoms with Gasteiger partial charge in [0.15, 0.2) is 5.65 Å².